The van der Waals surface area contributed by atoms with Crippen molar-refractivity contribution in [1.82, 2.24) is 5.32 Å². The predicted molar refractivity (Wildman–Crippen MR) is 55.6 cm³/mol. The molecule has 1 unspecified atom stereocenters. The third-order valence-corrected chi connectivity index (χ3v) is 2.13. The molecular formula is C10H13ClFNO. The third kappa shape index (κ3) is 2.86. The monoisotopic (exact) mass is 217 g/mol. The average Bonchev–Trinajstić information content (AvgIpc) is 2.62. The maximum Gasteiger partial charge on any atom is 0.123 e. The molecule has 1 aliphatic rings. The first-order valence-electron chi connectivity index (χ1n) is 4.47. The smallest absolute Gasteiger partial charge is 0.123 e. The maximum atomic E-state index is 12.5. The van der Waals surface area contributed by atoms with Crippen molar-refractivity contribution >= 4 is 12.4 Å². The van der Waals surface area contributed by atoms with Gasteiger partial charge in [0.2, 0.25) is 0 Å². The number of hydrogen-bond donors (Lipinski definition) is 1. The maximum absolute atomic E-state index is 12.5. The van der Waals surface area contributed by atoms with Crippen molar-refractivity contribution in [1.29, 1.82) is 0 Å². The van der Waals surface area contributed by atoms with E-state index in [9.17, 15) is 4.39 Å². The van der Waals surface area contributed by atoms with Crippen LogP contribution in [-0.2, 0) is 0 Å². The average molecular weight is 218 g/mol. The quantitative estimate of drug-likeness (QED) is 0.818. The van der Waals surface area contributed by atoms with Gasteiger partial charge in [0.1, 0.15) is 17.7 Å². The lowest BCUT2D eigenvalue weighted by atomic mass is 10.3. The normalized spacial score (nSPS) is 20.2. The molecule has 1 aromatic rings. The number of hydrogen-bond acceptors (Lipinski definition) is 2. The summed E-state index contributed by atoms with van der Waals surface area (Å²) in [6, 6.07) is 6.15. The zero-order valence-electron chi connectivity index (χ0n) is 7.70. The molecule has 0 spiro atoms. The molecule has 1 N–H and O–H groups in total. The lowest BCUT2D eigenvalue weighted by Gasteiger charge is -2.11. The molecule has 2 nitrogen and oxygen atoms in total. The first-order chi connectivity index (χ1) is 6.34. The van der Waals surface area contributed by atoms with E-state index in [2.05, 4.69) is 5.32 Å². The Hall–Kier alpha value is -0.800. The number of benzene rings is 1. The summed E-state index contributed by atoms with van der Waals surface area (Å²) < 4.78 is 18.1. The predicted octanol–water partition coefficient (Wildman–Crippen LogP) is 1.99. The van der Waals surface area contributed by atoms with Crippen LogP contribution in [-0.4, -0.2) is 19.2 Å². The van der Waals surface area contributed by atoms with Gasteiger partial charge in [-0.2, -0.15) is 0 Å². The van der Waals surface area contributed by atoms with Crippen molar-refractivity contribution in [3.63, 3.8) is 0 Å². The molecule has 0 amide bonds. The summed E-state index contributed by atoms with van der Waals surface area (Å²) in [5.74, 6) is 0.520. The molecule has 1 heterocycles. The highest BCUT2D eigenvalue weighted by molar-refractivity contribution is 5.85. The number of rotatable bonds is 2. The minimum Gasteiger partial charge on any atom is -0.489 e. The van der Waals surface area contributed by atoms with Crippen molar-refractivity contribution in [2.45, 2.75) is 12.5 Å². The Morgan fingerprint density at radius 3 is 2.57 bits per heavy atom. The van der Waals surface area contributed by atoms with E-state index < -0.39 is 0 Å². The highest BCUT2D eigenvalue weighted by Crippen LogP contribution is 2.15. The van der Waals surface area contributed by atoms with Crippen molar-refractivity contribution in [2.75, 3.05) is 13.1 Å². The van der Waals surface area contributed by atoms with Crippen LogP contribution in [0.3, 0.4) is 0 Å². The molecule has 0 bridgehead atoms. The van der Waals surface area contributed by atoms with E-state index in [4.69, 9.17) is 4.74 Å². The Morgan fingerprint density at radius 2 is 2.00 bits per heavy atom. The van der Waals surface area contributed by atoms with Gasteiger partial charge in [0.25, 0.3) is 0 Å². The summed E-state index contributed by atoms with van der Waals surface area (Å²) in [7, 11) is 0. The Bertz CT molecular complexity index is 272. The van der Waals surface area contributed by atoms with Gasteiger partial charge in [-0.1, -0.05) is 0 Å². The molecule has 1 aliphatic heterocycles. The van der Waals surface area contributed by atoms with Crippen molar-refractivity contribution < 1.29 is 9.13 Å². The first-order valence-corrected chi connectivity index (χ1v) is 4.47. The third-order valence-electron chi connectivity index (χ3n) is 2.13. The summed E-state index contributed by atoms with van der Waals surface area (Å²) in [5, 5.41) is 3.20. The Balaban J connectivity index is 0.000000980. The van der Waals surface area contributed by atoms with Gasteiger partial charge in [-0.25, -0.2) is 4.39 Å². The fourth-order valence-electron chi connectivity index (χ4n) is 1.43. The van der Waals surface area contributed by atoms with Crippen LogP contribution in [0.2, 0.25) is 0 Å². The Labute approximate surface area is 88.9 Å². The number of ether oxygens (including phenoxy) is 1. The van der Waals surface area contributed by atoms with Crippen LogP contribution in [0.4, 0.5) is 4.39 Å². The largest absolute Gasteiger partial charge is 0.489 e. The van der Waals surface area contributed by atoms with Crippen molar-refractivity contribution in [3.8, 4) is 5.75 Å². The fraction of sp³-hybridized carbons (Fsp3) is 0.400. The van der Waals surface area contributed by atoms with E-state index in [1.54, 1.807) is 12.1 Å². The van der Waals surface area contributed by atoms with Gasteiger partial charge in [0.05, 0.1) is 0 Å². The SMILES string of the molecule is Cl.Fc1ccc(OC2CCNC2)cc1. The van der Waals surface area contributed by atoms with E-state index in [0.29, 0.717) is 0 Å². The minimum atomic E-state index is -0.225. The molecule has 1 atom stereocenters. The van der Waals surface area contributed by atoms with Crippen LogP contribution in [0.5, 0.6) is 5.75 Å². The van der Waals surface area contributed by atoms with Gasteiger partial charge >= 0.3 is 0 Å². The lowest BCUT2D eigenvalue weighted by Crippen LogP contribution is -2.19. The second-order valence-corrected chi connectivity index (χ2v) is 3.19. The van der Waals surface area contributed by atoms with Gasteiger partial charge in [0.15, 0.2) is 0 Å². The minimum absolute atomic E-state index is 0. The topological polar surface area (TPSA) is 21.3 Å². The molecule has 1 saturated heterocycles. The van der Waals surface area contributed by atoms with Gasteiger partial charge in [-0.15, -0.1) is 12.4 Å². The highest BCUT2D eigenvalue weighted by Gasteiger charge is 2.15. The van der Waals surface area contributed by atoms with Crippen molar-refractivity contribution in [2.24, 2.45) is 0 Å². The van der Waals surface area contributed by atoms with Gasteiger partial charge in [-0.05, 0) is 37.2 Å². The van der Waals surface area contributed by atoms with Crippen LogP contribution in [0.1, 0.15) is 6.42 Å². The summed E-state index contributed by atoms with van der Waals surface area (Å²) in [6.07, 6.45) is 1.27. The van der Waals surface area contributed by atoms with Gasteiger partial charge in [0, 0.05) is 6.54 Å². The summed E-state index contributed by atoms with van der Waals surface area (Å²) in [4.78, 5) is 0. The summed E-state index contributed by atoms with van der Waals surface area (Å²) in [5.41, 5.74) is 0. The van der Waals surface area contributed by atoms with Crippen LogP contribution in [0.15, 0.2) is 24.3 Å². The zero-order chi connectivity index (χ0) is 9.10. The highest BCUT2D eigenvalue weighted by atomic mass is 35.5. The van der Waals surface area contributed by atoms with E-state index in [1.807, 2.05) is 0 Å². The van der Waals surface area contributed by atoms with E-state index in [0.717, 1.165) is 25.3 Å². The first kappa shape index (κ1) is 11.3. The van der Waals surface area contributed by atoms with Crippen LogP contribution < -0.4 is 10.1 Å². The second kappa shape index (κ2) is 5.17. The van der Waals surface area contributed by atoms with Gasteiger partial charge in [-0.3, -0.25) is 0 Å². The standard InChI is InChI=1S/C10H12FNO.ClH/c11-8-1-3-9(4-2-8)13-10-5-6-12-7-10;/h1-4,10,12H,5-7H2;1H. The molecule has 4 heteroatoms. The molecule has 0 radical (unpaired) electrons. The molecule has 0 aromatic heterocycles. The molecule has 1 aromatic carbocycles. The van der Waals surface area contributed by atoms with Gasteiger partial charge < -0.3 is 10.1 Å². The molecule has 2 rings (SSSR count). The Morgan fingerprint density at radius 1 is 1.29 bits per heavy atom. The lowest BCUT2D eigenvalue weighted by molar-refractivity contribution is 0.223. The Kier molecular flexibility index (Phi) is 4.17. The molecule has 1 fully saturated rings. The summed E-state index contributed by atoms with van der Waals surface area (Å²) >= 11 is 0. The molecule has 0 saturated carbocycles. The van der Waals surface area contributed by atoms with Crippen LogP contribution in [0, 0.1) is 5.82 Å². The molecule has 0 aliphatic carbocycles. The second-order valence-electron chi connectivity index (χ2n) is 3.19. The van der Waals surface area contributed by atoms with Crippen LogP contribution in [0.25, 0.3) is 0 Å². The zero-order valence-corrected chi connectivity index (χ0v) is 8.52. The van der Waals surface area contributed by atoms with E-state index in [-0.39, 0.29) is 24.3 Å². The summed E-state index contributed by atoms with van der Waals surface area (Å²) in [6.45, 7) is 1.89. The fourth-order valence-corrected chi connectivity index (χ4v) is 1.43. The number of halogens is 2. The van der Waals surface area contributed by atoms with Crippen molar-refractivity contribution in [3.05, 3.63) is 30.1 Å². The molecule has 14 heavy (non-hydrogen) atoms. The number of nitrogens with one attached hydrogen (secondary N) is 1. The molecule has 78 valence electrons. The van der Waals surface area contributed by atoms with E-state index >= 15 is 0 Å². The van der Waals surface area contributed by atoms with Crippen LogP contribution >= 0.6 is 12.4 Å². The van der Waals surface area contributed by atoms with E-state index in [1.165, 1.54) is 12.1 Å². The molecular weight excluding hydrogens is 205 g/mol.